The summed E-state index contributed by atoms with van der Waals surface area (Å²) in [6.07, 6.45) is 0. The van der Waals surface area contributed by atoms with Gasteiger partial charge in [0.15, 0.2) is 5.69 Å². The van der Waals surface area contributed by atoms with Crippen LogP contribution in [0, 0.1) is 0 Å². The number of ether oxygens (including phenoxy) is 1. The van der Waals surface area contributed by atoms with Gasteiger partial charge >= 0.3 is 5.97 Å². The molecule has 21 heavy (non-hydrogen) atoms. The van der Waals surface area contributed by atoms with E-state index in [2.05, 4.69) is 20.9 Å². The largest absolute Gasteiger partial charge is 0.476 e. The summed E-state index contributed by atoms with van der Waals surface area (Å²) in [6.45, 7) is 1.75. The molecule has 0 saturated heterocycles. The summed E-state index contributed by atoms with van der Waals surface area (Å²) in [5.74, 6) is -1.80. The van der Waals surface area contributed by atoms with Crippen molar-refractivity contribution >= 4 is 17.8 Å². The Bertz CT molecular complexity index is 527. The molecule has 0 aliphatic heterocycles. The number of aromatic nitrogens is 3. The van der Waals surface area contributed by atoms with E-state index in [9.17, 15) is 14.4 Å². The average Bonchev–Trinajstić information content (AvgIpc) is 2.78. The molecule has 0 saturated carbocycles. The van der Waals surface area contributed by atoms with E-state index in [0.717, 1.165) is 0 Å². The normalized spacial score (nSPS) is 10.2. The predicted octanol–water partition coefficient (Wildman–Crippen LogP) is -1.62. The van der Waals surface area contributed by atoms with Crippen LogP contribution in [0.15, 0.2) is 0 Å². The molecular weight excluding hydrogens is 282 g/mol. The first-order valence-electron chi connectivity index (χ1n) is 6.11. The molecular formula is C11H17N5O5. The molecule has 0 bridgehead atoms. The quantitative estimate of drug-likeness (QED) is 0.490. The highest BCUT2D eigenvalue weighted by Crippen LogP contribution is 2.06. The monoisotopic (exact) mass is 299 g/mol. The lowest BCUT2D eigenvalue weighted by Gasteiger charge is -2.08. The van der Waals surface area contributed by atoms with Gasteiger partial charge in [0.25, 0.3) is 0 Å². The zero-order chi connectivity index (χ0) is 15.8. The Hall–Kier alpha value is -2.49. The van der Waals surface area contributed by atoms with Crippen LogP contribution >= 0.6 is 0 Å². The molecule has 1 rings (SSSR count). The second-order valence-corrected chi connectivity index (χ2v) is 4.11. The first kappa shape index (κ1) is 16.6. The lowest BCUT2D eigenvalue weighted by Crippen LogP contribution is -2.35. The lowest BCUT2D eigenvalue weighted by atomic mass is 10.3. The smallest absolute Gasteiger partial charge is 0.358 e. The average molecular weight is 299 g/mol. The molecule has 0 aliphatic carbocycles. The standard InChI is InChI=1S/C11H17N5O5/c1-7(17)12-3-4-13-9(18)5-16-8(6-21-2)10(11(19)20)14-15-16/h3-6H2,1-2H3,(H,12,17)(H,13,18)(H,19,20). The Labute approximate surface area is 120 Å². The zero-order valence-corrected chi connectivity index (χ0v) is 11.8. The number of nitrogens with zero attached hydrogens (tertiary/aromatic N) is 3. The van der Waals surface area contributed by atoms with Gasteiger partial charge in [0.1, 0.15) is 6.54 Å². The number of hydrogen-bond acceptors (Lipinski definition) is 6. The van der Waals surface area contributed by atoms with Gasteiger partial charge in [-0.15, -0.1) is 5.10 Å². The van der Waals surface area contributed by atoms with Gasteiger partial charge in [-0.2, -0.15) is 0 Å². The maximum atomic E-state index is 11.7. The van der Waals surface area contributed by atoms with Gasteiger partial charge < -0.3 is 20.5 Å². The molecule has 2 amide bonds. The van der Waals surface area contributed by atoms with Gasteiger partial charge in [-0.1, -0.05) is 5.21 Å². The highest BCUT2D eigenvalue weighted by molar-refractivity contribution is 5.86. The third-order valence-corrected chi connectivity index (χ3v) is 2.44. The van der Waals surface area contributed by atoms with Crippen molar-refractivity contribution in [3.8, 4) is 0 Å². The number of amides is 2. The maximum Gasteiger partial charge on any atom is 0.358 e. The number of rotatable bonds is 8. The van der Waals surface area contributed by atoms with Crippen molar-refractivity contribution < 1.29 is 24.2 Å². The van der Waals surface area contributed by atoms with Crippen molar-refractivity contribution in [1.82, 2.24) is 25.6 Å². The topological polar surface area (TPSA) is 135 Å². The molecule has 0 unspecified atom stereocenters. The van der Waals surface area contributed by atoms with Crippen LogP contribution in [-0.4, -0.2) is 58.1 Å². The van der Waals surface area contributed by atoms with E-state index in [1.807, 2.05) is 0 Å². The Morgan fingerprint density at radius 1 is 1.29 bits per heavy atom. The number of carbonyl (C=O) groups is 3. The van der Waals surface area contributed by atoms with Crippen LogP contribution in [0.2, 0.25) is 0 Å². The number of carbonyl (C=O) groups excluding carboxylic acids is 2. The minimum Gasteiger partial charge on any atom is -0.476 e. The van der Waals surface area contributed by atoms with Crippen LogP contribution in [0.3, 0.4) is 0 Å². The fourth-order valence-corrected chi connectivity index (χ4v) is 1.54. The molecule has 1 aromatic heterocycles. The third-order valence-electron chi connectivity index (χ3n) is 2.44. The first-order valence-corrected chi connectivity index (χ1v) is 6.11. The van der Waals surface area contributed by atoms with Gasteiger partial charge in [-0.3, -0.25) is 9.59 Å². The summed E-state index contributed by atoms with van der Waals surface area (Å²) in [6, 6.07) is 0. The summed E-state index contributed by atoms with van der Waals surface area (Å²) in [5, 5.41) is 21.2. The van der Waals surface area contributed by atoms with Crippen molar-refractivity contribution in [3.63, 3.8) is 0 Å². The molecule has 10 nitrogen and oxygen atoms in total. The van der Waals surface area contributed by atoms with E-state index in [0.29, 0.717) is 6.54 Å². The molecule has 1 aromatic rings. The summed E-state index contributed by atoms with van der Waals surface area (Å²) >= 11 is 0. The summed E-state index contributed by atoms with van der Waals surface area (Å²) < 4.78 is 6.05. The highest BCUT2D eigenvalue weighted by atomic mass is 16.5. The Morgan fingerprint density at radius 2 is 1.95 bits per heavy atom. The third kappa shape index (κ3) is 5.18. The van der Waals surface area contributed by atoms with Crippen LogP contribution in [-0.2, 0) is 27.5 Å². The zero-order valence-electron chi connectivity index (χ0n) is 11.8. The maximum absolute atomic E-state index is 11.7. The molecule has 10 heteroatoms. The summed E-state index contributed by atoms with van der Waals surface area (Å²) in [5.41, 5.74) is -0.0371. The number of carboxylic acid groups (broad SMARTS) is 1. The number of nitrogens with one attached hydrogen (secondary N) is 2. The molecule has 0 fully saturated rings. The number of carboxylic acids is 1. The second kappa shape index (κ2) is 7.94. The number of aromatic carboxylic acids is 1. The van der Waals surface area contributed by atoms with E-state index >= 15 is 0 Å². The summed E-state index contributed by atoms with van der Waals surface area (Å²) in [4.78, 5) is 33.3. The van der Waals surface area contributed by atoms with Crippen molar-refractivity contribution in [3.05, 3.63) is 11.4 Å². The Kier molecular flexibility index (Phi) is 6.27. The Morgan fingerprint density at radius 3 is 2.52 bits per heavy atom. The van der Waals surface area contributed by atoms with Crippen molar-refractivity contribution in [2.24, 2.45) is 0 Å². The summed E-state index contributed by atoms with van der Waals surface area (Å²) in [7, 11) is 1.40. The van der Waals surface area contributed by atoms with E-state index in [4.69, 9.17) is 9.84 Å². The van der Waals surface area contributed by atoms with Crippen molar-refractivity contribution in [1.29, 1.82) is 0 Å². The van der Waals surface area contributed by atoms with Gasteiger partial charge in [0.2, 0.25) is 11.8 Å². The molecule has 0 aromatic carbocycles. The van der Waals surface area contributed by atoms with Crippen LogP contribution in [0.4, 0.5) is 0 Å². The van der Waals surface area contributed by atoms with Gasteiger partial charge in [0.05, 0.1) is 12.3 Å². The van der Waals surface area contributed by atoms with Crippen molar-refractivity contribution in [2.75, 3.05) is 20.2 Å². The molecule has 116 valence electrons. The second-order valence-electron chi connectivity index (χ2n) is 4.11. The molecule has 3 N–H and O–H groups in total. The molecule has 0 spiro atoms. The molecule has 0 radical (unpaired) electrons. The highest BCUT2D eigenvalue weighted by Gasteiger charge is 2.20. The number of hydrogen-bond donors (Lipinski definition) is 3. The van der Waals surface area contributed by atoms with Gasteiger partial charge in [-0.25, -0.2) is 9.48 Å². The molecule has 0 atom stereocenters. The fourth-order valence-electron chi connectivity index (χ4n) is 1.54. The number of methoxy groups -OCH3 is 1. The fraction of sp³-hybridized carbons (Fsp3) is 0.545. The minimum absolute atomic E-state index is 0.0200. The van der Waals surface area contributed by atoms with Crippen LogP contribution in [0.25, 0.3) is 0 Å². The van der Waals surface area contributed by atoms with E-state index < -0.39 is 5.97 Å². The first-order chi connectivity index (χ1) is 9.95. The predicted molar refractivity (Wildman–Crippen MR) is 69.4 cm³/mol. The van der Waals surface area contributed by atoms with Gasteiger partial charge in [-0.05, 0) is 0 Å². The molecule has 1 heterocycles. The van der Waals surface area contributed by atoms with Crippen LogP contribution in [0.1, 0.15) is 23.1 Å². The SMILES string of the molecule is COCc1c(C(=O)O)nnn1CC(=O)NCCNC(C)=O. The van der Waals surface area contributed by atoms with Gasteiger partial charge in [0, 0.05) is 27.1 Å². The van der Waals surface area contributed by atoms with Crippen molar-refractivity contribution in [2.45, 2.75) is 20.1 Å². The van der Waals surface area contributed by atoms with E-state index in [1.54, 1.807) is 0 Å². The van der Waals surface area contributed by atoms with Crippen LogP contribution in [0.5, 0.6) is 0 Å². The van der Waals surface area contributed by atoms with E-state index in [1.165, 1.54) is 18.7 Å². The van der Waals surface area contributed by atoms with Crippen LogP contribution < -0.4 is 10.6 Å². The minimum atomic E-state index is -1.24. The lowest BCUT2D eigenvalue weighted by molar-refractivity contribution is -0.122. The molecule has 0 aliphatic rings. The van der Waals surface area contributed by atoms with E-state index in [-0.39, 0.29) is 42.9 Å². The Balaban J connectivity index is 2.59.